The highest BCUT2D eigenvalue weighted by atomic mass is 32.2. The SMILES string of the molecule is CCCN(CCC)S(=O)(=O)c1ccc(CCC=CC(=O)Nc2nc(-c3ccc4c(c3)OCCO4)cs2)cc1. The summed E-state index contributed by atoms with van der Waals surface area (Å²) >= 11 is 1.36. The van der Waals surface area contributed by atoms with Crippen LogP contribution in [-0.4, -0.2) is 49.9 Å². The van der Waals surface area contributed by atoms with Crippen molar-refractivity contribution in [1.29, 1.82) is 0 Å². The van der Waals surface area contributed by atoms with Gasteiger partial charge in [0.15, 0.2) is 16.6 Å². The lowest BCUT2D eigenvalue weighted by Gasteiger charge is -2.21. The molecule has 2 heterocycles. The first kappa shape index (κ1) is 27.8. The fourth-order valence-corrected chi connectivity index (χ4v) is 6.43. The van der Waals surface area contributed by atoms with Gasteiger partial charge in [-0.15, -0.1) is 11.3 Å². The van der Waals surface area contributed by atoms with Crippen molar-refractivity contribution in [3.63, 3.8) is 0 Å². The van der Waals surface area contributed by atoms with E-state index in [4.69, 9.17) is 9.47 Å². The Morgan fingerprint density at radius 2 is 1.76 bits per heavy atom. The molecule has 1 aliphatic heterocycles. The number of benzene rings is 2. The third-order valence-electron chi connectivity index (χ3n) is 5.95. The molecule has 202 valence electrons. The monoisotopic (exact) mass is 555 g/mol. The Morgan fingerprint density at radius 3 is 2.47 bits per heavy atom. The summed E-state index contributed by atoms with van der Waals surface area (Å²) in [6.45, 7) is 6.05. The Labute approximate surface area is 228 Å². The summed E-state index contributed by atoms with van der Waals surface area (Å²) in [6, 6.07) is 12.7. The number of nitrogens with one attached hydrogen (secondary N) is 1. The molecule has 38 heavy (non-hydrogen) atoms. The van der Waals surface area contributed by atoms with Crippen LogP contribution in [0, 0.1) is 0 Å². The van der Waals surface area contributed by atoms with Crippen LogP contribution in [0.5, 0.6) is 11.5 Å². The highest BCUT2D eigenvalue weighted by molar-refractivity contribution is 7.89. The van der Waals surface area contributed by atoms with Gasteiger partial charge in [-0.1, -0.05) is 32.1 Å². The number of carbonyl (C=O) groups excluding carboxylic acids is 1. The number of anilines is 1. The molecule has 0 radical (unpaired) electrons. The van der Waals surface area contributed by atoms with Crippen molar-refractivity contribution in [1.82, 2.24) is 9.29 Å². The second-order valence-electron chi connectivity index (χ2n) is 8.87. The molecule has 0 aliphatic carbocycles. The maximum Gasteiger partial charge on any atom is 0.249 e. The Morgan fingerprint density at radius 1 is 1.05 bits per heavy atom. The minimum absolute atomic E-state index is 0.249. The highest BCUT2D eigenvalue weighted by Crippen LogP contribution is 2.35. The van der Waals surface area contributed by atoms with E-state index in [0.717, 1.165) is 35.4 Å². The fourth-order valence-electron chi connectivity index (χ4n) is 4.08. The first-order valence-electron chi connectivity index (χ1n) is 12.8. The lowest BCUT2D eigenvalue weighted by molar-refractivity contribution is -0.111. The molecule has 1 amide bonds. The van der Waals surface area contributed by atoms with Crippen LogP contribution in [0.3, 0.4) is 0 Å². The molecule has 0 spiro atoms. The molecule has 0 saturated heterocycles. The number of rotatable bonds is 12. The van der Waals surface area contributed by atoms with E-state index in [2.05, 4.69) is 10.3 Å². The lowest BCUT2D eigenvalue weighted by atomic mass is 10.1. The number of fused-ring (bicyclic) bond motifs is 1. The van der Waals surface area contributed by atoms with E-state index < -0.39 is 10.0 Å². The number of allylic oxidation sites excluding steroid dienone is 1. The summed E-state index contributed by atoms with van der Waals surface area (Å²) in [6.07, 6.45) is 6.21. The van der Waals surface area contributed by atoms with Gasteiger partial charge in [-0.3, -0.25) is 10.1 Å². The molecule has 2 aromatic carbocycles. The number of hydrogen-bond donors (Lipinski definition) is 1. The van der Waals surface area contributed by atoms with Gasteiger partial charge < -0.3 is 9.47 Å². The number of thiazole rings is 1. The second kappa shape index (κ2) is 13.0. The molecule has 0 atom stereocenters. The zero-order chi connectivity index (χ0) is 27.0. The van der Waals surface area contributed by atoms with E-state index in [9.17, 15) is 13.2 Å². The molecule has 3 aromatic rings. The topological polar surface area (TPSA) is 97.8 Å². The van der Waals surface area contributed by atoms with Crippen LogP contribution in [0.15, 0.2) is 64.9 Å². The number of aromatic nitrogens is 1. The van der Waals surface area contributed by atoms with E-state index >= 15 is 0 Å². The number of sulfonamides is 1. The third-order valence-corrected chi connectivity index (χ3v) is 8.62. The minimum atomic E-state index is -3.48. The summed E-state index contributed by atoms with van der Waals surface area (Å²) in [7, 11) is -3.48. The van der Waals surface area contributed by atoms with Gasteiger partial charge in [-0.25, -0.2) is 13.4 Å². The Bertz CT molecular complexity index is 1360. The van der Waals surface area contributed by atoms with Crippen molar-refractivity contribution in [3.05, 3.63) is 65.6 Å². The number of amides is 1. The maximum atomic E-state index is 12.9. The minimum Gasteiger partial charge on any atom is -0.486 e. The van der Waals surface area contributed by atoms with Crippen molar-refractivity contribution >= 4 is 32.4 Å². The van der Waals surface area contributed by atoms with Crippen LogP contribution in [-0.2, 0) is 21.2 Å². The molecular formula is C28H33N3O5S2. The van der Waals surface area contributed by atoms with Crippen LogP contribution in [0.1, 0.15) is 38.7 Å². The summed E-state index contributed by atoms with van der Waals surface area (Å²) in [5.41, 5.74) is 2.66. The van der Waals surface area contributed by atoms with E-state index in [0.29, 0.717) is 54.9 Å². The van der Waals surface area contributed by atoms with Crippen molar-refractivity contribution < 1.29 is 22.7 Å². The van der Waals surface area contributed by atoms with Crippen LogP contribution >= 0.6 is 11.3 Å². The third kappa shape index (κ3) is 7.00. The summed E-state index contributed by atoms with van der Waals surface area (Å²) in [4.78, 5) is 17.2. The van der Waals surface area contributed by atoms with Crippen molar-refractivity contribution in [3.8, 4) is 22.8 Å². The largest absolute Gasteiger partial charge is 0.486 e. The maximum absolute atomic E-state index is 12.9. The van der Waals surface area contributed by atoms with Gasteiger partial charge in [0.1, 0.15) is 13.2 Å². The number of carbonyl (C=O) groups is 1. The Balaban J connectivity index is 1.27. The fraction of sp³-hybridized carbons (Fsp3) is 0.357. The molecule has 1 N–H and O–H groups in total. The van der Waals surface area contributed by atoms with E-state index in [1.54, 1.807) is 22.5 Å². The van der Waals surface area contributed by atoms with Gasteiger partial charge in [0, 0.05) is 24.0 Å². The second-order valence-corrected chi connectivity index (χ2v) is 11.7. The highest BCUT2D eigenvalue weighted by Gasteiger charge is 2.22. The van der Waals surface area contributed by atoms with Crippen molar-refractivity contribution in [2.24, 2.45) is 0 Å². The number of hydrogen-bond acceptors (Lipinski definition) is 7. The molecule has 0 bridgehead atoms. The van der Waals surface area contributed by atoms with E-state index in [1.165, 1.54) is 17.4 Å². The van der Waals surface area contributed by atoms with Crippen molar-refractivity contribution in [2.75, 3.05) is 31.6 Å². The zero-order valence-electron chi connectivity index (χ0n) is 21.7. The van der Waals surface area contributed by atoms with Crippen LogP contribution < -0.4 is 14.8 Å². The first-order chi connectivity index (χ1) is 18.4. The average molecular weight is 556 g/mol. The number of nitrogens with zero attached hydrogens (tertiary/aromatic N) is 2. The Hall–Kier alpha value is -3.21. The number of aryl methyl sites for hydroxylation is 1. The van der Waals surface area contributed by atoms with Gasteiger partial charge in [-0.05, 0) is 67.7 Å². The normalized spacial score (nSPS) is 13.2. The summed E-state index contributed by atoms with van der Waals surface area (Å²) in [5, 5.41) is 5.21. The zero-order valence-corrected chi connectivity index (χ0v) is 23.3. The van der Waals surface area contributed by atoms with Crippen molar-refractivity contribution in [2.45, 2.75) is 44.4 Å². The molecule has 1 aromatic heterocycles. The molecule has 0 fully saturated rings. The number of ether oxygens (including phenoxy) is 2. The molecular weight excluding hydrogens is 522 g/mol. The summed E-state index contributed by atoms with van der Waals surface area (Å²) in [5.74, 6) is 1.17. The van der Waals surface area contributed by atoms with Gasteiger partial charge in [-0.2, -0.15) is 4.31 Å². The van der Waals surface area contributed by atoms with Crippen LogP contribution in [0.25, 0.3) is 11.3 Å². The van der Waals surface area contributed by atoms with E-state index in [-0.39, 0.29) is 5.91 Å². The summed E-state index contributed by atoms with van der Waals surface area (Å²) < 4.78 is 38.5. The van der Waals surface area contributed by atoms with Gasteiger partial charge in [0.05, 0.1) is 10.6 Å². The van der Waals surface area contributed by atoms with Crippen LogP contribution in [0.2, 0.25) is 0 Å². The lowest BCUT2D eigenvalue weighted by Crippen LogP contribution is -2.32. The molecule has 0 saturated carbocycles. The predicted molar refractivity (Wildman–Crippen MR) is 150 cm³/mol. The van der Waals surface area contributed by atoms with Gasteiger partial charge >= 0.3 is 0 Å². The van der Waals surface area contributed by atoms with Gasteiger partial charge in [0.25, 0.3) is 0 Å². The first-order valence-corrected chi connectivity index (χ1v) is 15.1. The smallest absolute Gasteiger partial charge is 0.249 e. The molecule has 1 aliphatic rings. The molecule has 4 rings (SSSR count). The quantitative estimate of drug-likeness (QED) is 0.296. The standard InChI is InChI=1S/C28H33N3O5S2/c1-3-15-31(16-4-2)38(33,34)23-12-9-21(10-13-23)7-5-6-8-27(32)30-28-29-24(20-37-28)22-11-14-25-26(19-22)36-18-17-35-25/h6,8-14,19-20H,3-5,7,15-18H2,1-2H3,(H,29,30,32). The van der Waals surface area contributed by atoms with Crippen LogP contribution in [0.4, 0.5) is 5.13 Å². The van der Waals surface area contributed by atoms with Gasteiger partial charge in [0.2, 0.25) is 15.9 Å². The molecule has 0 unspecified atom stereocenters. The van der Waals surface area contributed by atoms with E-state index in [1.807, 2.05) is 49.6 Å². The predicted octanol–water partition coefficient (Wildman–Crippen LogP) is 5.52. The molecule has 8 nitrogen and oxygen atoms in total. The average Bonchev–Trinajstić information content (AvgIpc) is 3.39. The Kier molecular flexibility index (Phi) is 9.54. The molecule has 10 heteroatoms.